The highest BCUT2D eigenvalue weighted by atomic mass is 16.5. The van der Waals surface area contributed by atoms with Crippen molar-refractivity contribution in [2.24, 2.45) is 0 Å². The molecule has 0 unspecified atom stereocenters. The Morgan fingerprint density at radius 1 is 0.796 bits per heavy atom. The number of amides is 1. The van der Waals surface area contributed by atoms with Crippen molar-refractivity contribution in [2.45, 2.75) is 13.0 Å². The Hall–Kier alpha value is -6.15. The standard InChI is InChI=1S/C41H40N6O7/c1-49-39-25-32(13-14-44-39)41-46-40(47-54-41)36-11-9-30-23-33(10-12-35(30)45-36)52-27-38(48)43-16-18-51-20-19-50-17-15-42-26-29-7-8-31-24-34(53-37(31)22-29)21-28-5-3-2-4-6-28/h2-14,22-25,42H,15-21,26-27H2,1H3,(H,43,48). The van der Waals surface area contributed by atoms with Crippen molar-refractivity contribution < 1.29 is 32.7 Å². The number of methoxy groups -OCH3 is 1. The molecule has 2 N–H and O–H groups in total. The van der Waals surface area contributed by atoms with Crippen molar-refractivity contribution in [2.75, 3.05) is 53.2 Å². The van der Waals surface area contributed by atoms with E-state index in [4.69, 9.17) is 27.9 Å². The number of ether oxygens (including phenoxy) is 4. The highest BCUT2D eigenvalue weighted by Gasteiger charge is 2.14. The van der Waals surface area contributed by atoms with Crippen LogP contribution < -0.4 is 20.1 Å². The second-order valence-electron chi connectivity index (χ2n) is 12.3. The molecule has 0 radical (unpaired) electrons. The smallest absolute Gasteiger partial charge is 0.258 e. The Bertz CT molecular complexity index is 2290. The molecule has 0 atom stereocenters. The average Bonchev–Trinajstić information content (AvgIpc) is 3.87. The van der Waals surface area contributed by atoms with Crippen molar-refractivity contribution in [3.05, 3.63) is 120 Å². The number of nitrogens with zero attached hydrogens (tertiary/aromatic N) is 4. The van der Waals surface area contributed by atoms with Gasteiger partial charge in [-0.15, -0.1) is 0 Å². The Labute approximate surface area is 311 Å². The lowest BCUT2D eigenvalue weighted by Gasteiger charge is -2.09. The van der Waals surface area contributed by atoms with E-state index in [2.05, 4.69) is 67.1 Å². The van der Waals surface area contributed by atoms with E-state index in [9.17, 15) is 4.79 Å². The number of furan rings is 1. The average molecular weight is 729 g/mol. The molecule has 3 aromatic carbocycles. The van der Waals surface area contributed by atoms with E-state index in [0.29, 0.717) is 74.1 Å². The highest BCUT2D eigenvalue weighted by molar-refractivity contribution is 5.83. The van der Waals surface area contributed by atoms with Gasteiger partial charge >= 0.3 is 0 Å². The van der Waals surface area contributed by atoms with Gasteiger partial charge in [0, 0.05) is 54.7 Å². The van der Waals surface area contributed by atoms with Crippen LogP contribution in [0.1, 0.15) is 16.9 Å². The largest absolute Gasteiger partial charge is 0.484 e. The van der Waals surface area contributed by atoms with Crippen molar-refractivity contribution in [3.8, 4) is 34.6 Å². The zero-order valence-electron chi connectivity index (χ0n) is 29.8. The molecule has 276 valence electrons. The SMILES string of the molecule is COc1cc(-c2nc(-c3ccc4cc(OCC(=O)NCCOCCOCCNCc5ccc6cc(Cc7ccccc7)oc6c5)ccc4n3)no2)ccn1. The number of benzene rings is 3. The van der Waals surface area contributed by atoms with Gasteiger partial charge in [-0.3, -0.25) is 4.79 Å². The Balaban J connectivity index is 0.738. The molecule has 0 saturated carbocycles. The van der Waals surface area contributed by atoms with Crippen molar-refractivity contribution >= 4 is 27.8 Å². The minimum atomic E-state index is -0.243. The van der Waals surface area contributed by atoms with Crippen molar-refractivity contribution in [3.63, 3.8) is 0 Å². The maximum Gasteiger partial charge on any atom is 0.258 e. The summed E-state index contributed by atoms with van der Waals surface area (Å²) in [5.74, 6) is 2.41. The summed E-state index contributed by atoms with van der Waals surface area (Å²) in [6.45, 7) is 3.53. The zero-order chi connectivity index (χ0) is 37.0. The first-order valence-electron chi connectivity index (χ1n) is 17.7. The molecular formula is C41H40N6O7. The Morgan fingerprint density at radius 3 is 2.52 bits per heavy atom. The third-order valence-electron chi connectivity index (χ3n) is 8.43. The number of pyridine rings is 2. The van der Waals surface area contributed by atoms with Crippen LogP contribution >= 0.6 is 0 Å². The molecule has 0 aliphatic heterocycles. The van der Waals surface area contributed by atoms with E-state index < -0.39 is 0 Å². The Kier molecular flexibility index (Phi) is 12.1. The van der Waals surface area contributed by atoms with Crippen LogP contribution in [0, 0.1) is 0 Å². The number of hydrogen-bond donors (Lipinski definition) is 2. The van der Waals surface area contributed by atoms with Gasteiger partial charge in [0.1, 0.15) is 22.8 Å². The van der Waals surface area contributed by atoms with Gasteiger partial charge in [0.25, 0.3) is 11.8 Å². The first-order valence-corrected chi connectivity index (χ1v) is 17.7. The normalized spacial score (nSPS) is 11.3. The molecular weight excluding hydrogens is 688 g/mol. The van der Waals surface area contributed by atoms with Crippen LogP contribution in [-0.4, -0.2) is 79.2 Å². The summed E-state index contributed by atoms with van der Waals surface area (Å²) in [5, 5.41) is 12.2. The fraction of sp³-hybridized carbons (Fsp3) is 0.244. The van der Waals surface area contributed by atoms with Gasteiger partial charge in [-0.05, 0) is 53.6 Å². The number of hydrogen-bond acceptors (Lipinski definition) is 12. The molecule has 0 fully saturated rings. The van der Waals surface area contributed by atoms with E-state index in [1.54, 1.807) is 37.6 Å². The summed E-state index contributed by atoms with van der Waals surface area (Å²) < 4.78 is 33.6. The summed E-state index contributed by atoms with van der Waals surface area (Å²) >= 11 is 0. The molecule has 13 nitrogen and oxygen atoms in total. The predicted octanol–water partition coefficient (Wildman–Crippen LogP) is 6.01. The second kappa shape index (κ2) is 18.1. The number of carbonyl (C=O) groups is 1. The summed E-state index contributed by atoms with van der Waals surface area (Å²) in [5.41, 5.74) is 5.25. The van der Waals surface area contributed by atoms with Crippen LogP contribution in [0.4, 0.5) is 0 Å². The highest BCUT2D eigenvalue weighted by Crippen LogP contribution is 2.26. The number of fused-ring (bicyclic) bond motifs is 2. The van der Waals surface area contributed by atoms with Gasteiger partial charge in [-0.1, -0.05) is 53.7 Å². The van der Waals surface area contributed by atoms with E-state index in [0.717, 1.165) is 46.2 Å². The number of rotatable bonds is 19. The molecule has 0 aliphatic rings. The molecule has 13 heteroatoms. The first kappa shape index (κ1) is 36.2. The topological polar surface area (TPSA) is 156 Å². The molecule has 4 heterocycles. The van der Waals surface area contributed by atoms with Gasteiger partial charge in [-0.25, -0.2) is 9.97 Å². The van der Waals surface area contributed by atoms with E-state index >= 15 is 0 Å². The number of aromatic nitrogens is 4. The zero-order valence-corrected chi connectivity index (χ0v) is 29.8. The quantitative estimate of drug-likeness (QED) is 0.0937. The fourth-order valence-corrected chi connectivity index (χ4v) is 5.70. The minimum absolute atomic E-state index is 0.122. The molecule has 1 amide bonds. The first-order chi connectivity index (χ1) is 26.6. The van der Waals surface area contributed by atoms with Gasteiger partial charge in [0.15, 0.2) is 6.61 Å². The molecule has 54 heavy (non-hydrogen) atoms. The summed E-state index contributed by atoms with van der Waals surface area (Å²) in [7, 11) is 1.54. The Morgan fingerprint density at radius 2 is 1.65 bits per heavy atom. The van der Waals surface area contributed by atoms with Crippen LogP contribution in [0.2, 0.25) is 0 Å². The minimum Gasteiger partial charge on any atom is -0.484 e. The van der Waals surface area contributed by atoms with Crippen LogP contribution in [0.3, 0.4) is 0 Å². The number of nitrogens with one attached hydrogen (secondary N) is 2. The van der Waals surface area contributed by atoms with Crippen LogP contribution in [-0.2, 0) is 27.2 Å². The van der Waals surface area contributed by atoms with Gasteiger partial charge in [0.05, 0.1) is 39.1 Å². The van der Waals surface area contributed by atoms with E-state index in [1.807, 2.05) is 36.4 Å². The van der Waals surface area contributed by atoms with Crippen molar-refractivity contribution in [1.29, 1.82) is 0 Å². The van der Waals surface area contributed by atoms with Gasteiger partial charge < -0.3 is 38.5 Å². The molecule has 0 aliphatic carbocycles. The molecule has 7 aromatic rings. The van der Waals surface area contributed by atoms with Crippen LogP contribution in [0.15, 0.2) is 112 Å². The second-order valence-corrected chi connectivity index (χ2v) is 12.3. The predicted molar refractivity (Wildman–Crippen MR) is 202 cm³/mol. The number of carbonyl (C=O) groups excluding carboxylic acids is 1. The molecule has 4 aromatic heterocycles. The van der Waals surface area contributed by atoms with Crippen LogP contribution in [0.25, 0.3) is 44.8 Å². The van der Waals surface area contributed by atoms with E-state index in [1.165, 1.54) is 5.56 Å². The lowest BCUT2D eigenvalue weighted by atomic mass is 10.1. The molecule has 7 rings (SSSR count). The summed E-state index contributed by atoms with van der Waals surface area (Å²) in [6.07, 6.45) is 2.39. The monoisotopic (exact) mass is 728 g/mol. The van der Waals surface area contributed by atoms with Crippen LogP contribution in [0.5, 0.6) is 11.6 Å². The third-order valence-corrected chi connectivity index (χ3v) is 8.43. The molecule has 0 saturated heterocycles. The summed E-state index contributed by atoms with van der Waals surface area (Å²) in [4.78, 5) is 25.5. The fourth-order valence-electron chi connectivity index (χ4n) is 5.70. The molecule has 0 bridgehead atoms. The summed E-state index contributed by atoms with van der Waals surface area (Å²) in [6, 6.07) is 31.3. The van der Waals surface area contributed by atoms with Gasteiger partial charge in [-0.2, -0.15) is 4.98 Å². The lowest BCUT2D eigenvalue weighted by molar-refractivity contribution is -0.123. The molecule has 0 spiro atoms. The van der Waals surface area contributed by atoms with E-state index in [-0.39, 0.29) is 12.5 Å². The maximum absolute atomic E-state index is 12.3. The lowest BCUT2D eigenvalue weighted by Crippen LogP contribution is -2.32. The van der Waals surface area contributed by atoms with Gasteiger partial charge in [0.2, 0.25) is 11.7 Å². The maximum atomic E-state index is 12.3. The third kappa shape index (κ3) is 9.83. The van der Waals surface area contributed by atoms with Crippen molar-refractivity contribution in [1.82, 2.24) is 30.7 Å².